The lowest BCUT2D eigenvalue weighted by molar-refractivity contribution is 1.07. The SMILES string of the molecule is Cc1[nH]nc2cc(-c3ccccc3)cc(-c3ccccc3)c12. The van der Waals surface area contributed by atoms with Crippen molar-refractivity contribution in [1.82, 2.24) is 10.2 Å². The number of hydrogen-bond acceptors (Lipinski definition) is 1. The molecule has 0 aliphatic carbocycles. The van der Waals surface area contributed by atoms with E-state index in [1.807, 2.05) is 12.1 Å². The molecule has 0 amide bonds. The third-order valence-electron chi connectivity index (χ3n) is 4.03. The summed E-state index contributed by atoms with van der Waals surface area (Å²) in [6.07, 6.45) is 0. The molecule has 0 unspecified atom stereocenters. The second kappa shape index (κ2) is 5.15. The Morgan fingerprint density at radius 3 is 2.05 bits per heavy atom. The first kappa shape index (κ1) is 12.8. The van der Waals surface area contributed by atoms with Crippen molar-refractivity contribution in [1.29, 1.82) is 0 Å². The first-order valence-corrected chi connectivity index (χ1v) is 7.42. The van der Waals surface area contributed by atoms with E-state index in [2.05, 4.69) is 77.8 Å². The number of fused-ring (bicyclic) bond motifs is 1. The standard InChI is InChI=1S/C20H16N2/c1-14-20-18(16-10-6-3-7-11-16)12-17(13-19(20)22-21-14)15-8-4-2-5-9-15/h2-13H,1H3,(H,21,22). The van der Waals surface area contributed by atoms with Gasteiger partial charge in [0.1, 0.15) is 0 Å². The van der Waals surface area contributed by atoms with E-state index in [1.54, 1.807) is 0 Å². The third-order valence-corrected chi connectivity index (χ3v) is 4.03. The van der Waals surface area contributed by atoms with E-state index < -0.39 is 0 Å². The first-order chi connectivity index (χ1) is 10.8. The van der Waals surface area contributed by atoms with Gasteiger partial charge in [0.25, 0.3) is 0 Å². The average molecular weight is 284 g/mol. The van der Waals surface area contributed by atoms with Gasteiger partial charge >= 0.3 is 0 Å². The van der Waals surface area contributed by atoms with E-state index in [-0.39, 0.29) is 0 Å². The molecule has 0 aliphatic heterocycles. The highest BCUT2D eigenvalue weighted by Gasteiger charge is 2.12. The summed E-state index contributed by atoms with van der Waals surface area (Å²) in [6, 6.07) is 25.3. The van der Waals surface area contributed by atoms with E-state index in [1.165, 1.54) is 27.6 Å². The van der Waals surface area contributed by atoms with Crippen LogP contribution in [0, 0.1) is 6.92 Å². The zero-order valence-corrected chi connectivity index (χ0v) is 12.4. The maximum Gasteiger partial charge on any atom is 0.0936 e. The molecule has 106 valence electrons. The van der Waals surface area contributed by atoms with E-state index in [0.29, 0.717) is 0 Å². The lowest BCUT2D eigenvalue weighted by atomic mass is 9.95. The summed E-state index contributed by atoms with van der Waals surface area (Å²) >= 11 is 0. The van der Waals surface area contributed by atoms with Gasteiger partial charge in [0, 0.05) is 11.1 Å². The van der Waals surface area contributed by atoms with Gasteiger partial charge in [-0.1, -0.05) is 60.7 Å². The topological polar surface area (TPSA) is 28.7 Å². The number of aromatic amines is 1. The Kier molecular flexibility index (Phi) is 3.01. The number of nitrogens with zero attached hydrogens (tertiary/aromatic N) is 1. The molecule has 0 fully saturated rings. The molecule has 0 radical (unpaired) electrons. The van der Waals surface area contributed by atoms with Gasteiger partial charge < -0.3 is 0 Å². The number of aromatic nitrogens is 2. The van der Waals surface area contributed by atoms with Crippen molar-refractivity contribution in [3.05, 3.63) is 78.5 Å². The van der Waals surface area contributed by atoms with Gasteiger partial charge in [0.15, 0.2) is 0 Å². The van der Waals surface area contributed by atoms with Crippen molar-refractivity contribution >= 4 is 10.9 Å². The Morgan fingerprint density at radius 2 is 1.36 bits per heavy atom. The Balaban J connectivity index is 2.03. The van der Waals surface area contributed by atoms with Gasteiger partial charge in [-0.05, 0) is 41.3 Å². The van der Waals surface area contributed by atoms with E-state index >= 15 is 0 Å². The second-order valence-electron chi connectivity index (χ2n) is 5.50. The molecule has 4 rings (SSSR count). The maximum atomic E-state index is 4.47. The summed E-state index contributed by atoms with van der Waals surface area (Å²) in [6.45, 7) is 2.07. The van der Waals surface area contributed by atoms with Crippen LogP contribution in [0.25, 0.3) is 33.2 Å². The van der Waals surface area contributed by atoms with Crippen molar-refractivity contribution in [3.8, 4) is 22.3 Å². The first-order valence-electron chi connectivity index (χ1n) is 7.42. The fourth-order valence-corrected chi connectivity index (χ4v) is 2.95. The molecule has 2 nitrogen and oxygen atoms in total. The molecule has 0 aliphatic rings. The Hall–Kier alpha value is -2.87. The summed E-state index contributed by atoms with van der Waals surface area (Å²) in [7, 11) is 0. The predicted molar refractivity (Wildman–Crippen MR) is 91.7 cm³/mol. The normalized spacial score (nSPS) is 11.0. The molecule has 22 heavy (non-hydrogen) atoms. The number of nitrogens with one attached hydrogen (secondary N) is 1. The molecule has 1 N–H and O–H groups in total. The van der Waals surface area contributed by atoms with Crippen LogP contribution in [-0.2, 0) is 0 Å². The molecule has 4 aromatic rings. The number of H-pyrrole nitrogens is 1. The van der Waals surface area contributed by atoms with Gasteiger partial charge in [0.2, 0.25) is 0 Å². The fraction of sp³-hybridized carbons (Fsp3) is 0.0500. The Bertz CT molecular complexity index is 922. The summed E-state index contributed by atoms with van der Waals surface area (Å²) < 4.78 is 0. The molecule has 0 spiro atoms. The van der Waals surface area contributed by atoms with E-state index in [4.69, 9.17) is 0 Å². The van der Waals surface area contributed by atoms with Crippen LogP contribution in [0.4, 0.5) is 0 Å². The van der Waals surface area contributed by atoms with Crippen LogP contribution >= 0.6 is 0 Å². The molecule has 3 aromatic carbocycles. The summed E-state index contributed by atoms with van der Waals surface area (Å²) in [4.78, 5) is 0. The maximum absolute atomic E-state index is 4.47. The Labute approximate surface area is 129 Å². The minimum atomic E-state index is 1.01. The van der Waals surface area contributed by atoms with Crippen molar-refractivity contribution in [2.24, 2.45) is 0 Å². The van der Waals surface area contributed by atoms with Gasteiger partial charge in [-0.15, -0.1) is 0 Å². The van der Waals surface area contributed by atoms with Crippen LogP contribution in [0.5, 0.6) is 0 Å². The molecular weight excluding hydrogens is 268 g/mol. The van der Waals surface area contributed by atoms with Gasteiger partial charge in [0.05, 0.1) is 5.52 Å². The molecule has 0 atom stereocenters. The zero-order valence-electron chi connectivity index (χ0n) is 12.4. The minimum Gasteiger partial charge on any atom is -0.282 e. The monoisotopic (exact) mass is 284 g/mol. The molecule has 1 aromatic heterocycles. The number of benzene rings is 3. The highest BCUT2D eigenvalue weighted by atomic mass is 15.1. The van der Waals surface area contributed by atoms with E-state index in [9.17, 15) is 0 Å². The summed E-state index contributed by atoms with van der Waals surface area (Å²) in [5.74, 6) is 0. The number of aryl methyl sites for hydroxylation is 1. The van der Waals surface area contributed by atoms with Crippen LogP contribution in [0.3, 0.4) is 0 Å². The molecule has 0 bridgehead atoms. The van der Waals surface area contributed by atoms with Crippen molar-refractivity contribution < 1.29 is 0 Å². The van der Waals surface area contributed by atoms with Crippen molar-refractivity contribution in [3.63, 3.8) is 0 Å². The van der Waals surface area contributed by atoms with Gasteiger partial charge in [-0.3, -0.25) is 5.10 Å². The molecule has 2 heteroatoms. The lowest BCUT2D eigenvalue weighted by Crippen LogP contribution is -1.85. The van der Waals surface area contributed by atoms with Crippen molar-refractivity contribution in [2.75, 3.05) is 0 Å². The largest absolute Gasteiger partial charge is 0.282 e. The van der Waals surface area contributed by atoms with Crippen LogP contribution in [-0.4, -0.2) is 10.2 Å². The fourth-order valence-electron chi connectivity index (χ4n) is 2.95. The number of hydrogen-bond donors (Lipinski definition) is 1. The molecule has 1 heterocycles. The van der Waals surface area contributed by atoms with Crippen LogP contribution in [0.2, 0.25) is 0 Å². The minimum absolute atomic E-state index is 1.01. The van der Waals surface area contributed by atoms with Crippen LogP contribution in [0.15, 0.2) is 72.8 Å². The van der Waals surface area contributed by atoms with Crippen LogP contribution in [0.1, 0.15) is 5.69 Å². The molecule has 0 saturated heterocycles. The van der Waals surface area contributed by atoms with Gasteiger partial charge in [-0.25, -0.2) is 0 Å². The molecule has 0 saturated carbocycles. The van der Waals surface area contributed by atoms with Crippen LogP contribution < -0.4 is 0 Å². The predicted octanol–water partition coefficient (Wildman–Crippen LogP) is 5.21. The Morgan fingerprint density at radius 1 is 0.727 bits per heavy atom. The lowest BCUT2D eigenvalue weighted by Gasteiger charge is -2.09. The van der Waals surface area contributed by atoms with Crippen molar-refractivity contribution in [2.45, 2.75) is 6.92 Å². The smallest absolute Gasteiger partial charge is 0.0936 e. The summed E-state index contributed by atoms with van der Waals surface area (Å²) in [5, 5.41) is 8.78. The quantitative estimate of drug-likeness (QED) is 0.538. The third kappa shape index (κ3) is 2.09. The second-order valence-corrected chi connectivity index (χ2v) is 5.50. The highest BCUT2D eigenvalue weighted by Crippen LogP contribution is 2.34. The van der Waals surface area contributed by atoms with Gasteiger partial charge in [-0.2, -0.15) is 5.10 Å². The number of rotatable bonds is 2. The highest BCUT2D eigenvalue weighted by molar-refractivity contribution is 5.99. The van der Waals surface area contributed by atoms with E-state index in [0.717, 1.165) is 11.2 Å². The summed E-state index contributed by atoms with van der Waals surface area (Å²) in [5.41, 5.74) is 6.96. The zero-order chi connectivity index (χ0) is 14.9. The molecular formula is C20H16N2. The average Bonchev–Trinajstić information content (AvgIpc) is 2.97.